The summed E-state index contributed by atoms with van der Waals surface area (Å²) in [6, 6.07) is 4.02. The number of aromatic amines is 2. The molecule has 164 valence electrons. The molecule has 5 rings (SSSR count). The van der Waals surface area contributed by atoms with Gasteiger partial charge in [0.05, 0.1) is 5.69 Å². The number of hydrogen-bond donors (Lipinski definition) is 2. The highest BCUT2D eigenvalue weighted by molar-refractivity contribution is 5.97. The van der Waals surface area contributed by atoms with Gasteiger partial charge in [0.2, 0.25) is 5.95 Å². The fraction of sp³-hybridized carbons (Fsp3) is 0.348. The minimum absolute atomic E-state index is 0.0170. The van der Waals surface area contributed by atoms with Gasteiger partial charge in [-0.05, 0) is 38.6 Å². The molecular formula is C23H26N8O. The van der Waals surface area contributed by atoms with Crippen molar-refractivity contribution in [3.05, 3.63) is 53.2 Å². The lowest BCUT2D eigenvalue weighted by molar-refractivity contribution is 0.0987. The summed E-state index contributed by atoms with van der Waals surface area (Å²) in [6.07, 6.45) is 5.69. The summed E-state index contributed by atoms with van der Waals surface area (Å²) in [5.41, 5.74) is 5.74. The maximum Gasteiger partial charge on any atom is 0.225 e. The first-order valence-electron chi connectivity index (χ1n) is 10.8. The zero-order valence-corrected chi connectivity index (χ0v) is 18.5. The number of hydrogen-bond acceptors (Lipinski definition) is 7. The van der Waals surface area contributed by atoms with Crippen molar-refractivity contribution < 1.29 is 4.79 Å². The number of anilines is 1. The van der Waals surface area contributed by atoms with Crippen molar-refractivity contribution in [1.29, 1.82) is 0 Å². The molecule has 0 aliphatic carbocycles. The number of carbonyl (C=O) groups is 1. The molecule has 9 heteroatoms. The molecule has 4 aromatic heterocycles. The Morgan fingerprint density at radius 2 is 1.78 bits per heavy atom. The summed E-state index contributed by atoms with van der Waals surface area (Å²) in [5.74, 6) is 0.748. The maximum atomic E-state index is 12.7. The van der Waals surface area contributed by atoms with E-state index in [1.807, 2.05) is 38.4 Å². The van der Waals surface area contributed by atoms with Crippen LogP contribution in [-0.2, 0) is 6.42 Å². The second-order valence-electron chi connectivity index (χ2n) is 8.45. The van der Waals surface area contributed by atoms with Crippen molar-refractivity contribution in [3.63, 3.8) is 0 Å². The number of aryl methyl sites for hydroxylation is 1. The van der Waals surface area contributed by atoms with E-state index in [2.05, 4.69) is 47.0 Å². The monoisotopic (exact) mass is 430 g/mol. The molecule has 1 saturated heterocycles. The quantitative estimate of drug-likeness (QED) is 0.469. The smallest absolute Gasteiger partial charge is 0.225 e. The molecule has 4 aromatic rings. The average molecular weight is 431 g/mol. The minimum atomic E-state index is -0.0170. The van der Waals surface area contributed by atoms with Gasteiger partial charge in [-0.2, -0.15) is 5.10 Å². The van der Waals surface area contributed by atoms with Crippen molar-refractivity contribution in [2.75, 3.05) is 38.1 Å². The van der Waals surface area contributed by atoms with Crippen molar-refractivity contribution in [2.24, 2.45) is 0 Å². The molecule has 9 nitrogen and oxygen atoms in total. The lowest BCUT2D eigenvalue weighted by atomic mass is 10.0. The third-order valence-electron chi connectivity index (χ3n) is 6.14. The second-order valence-corrected chi connectivity index (χ2v) is 8.45. The molecule has 1 aliphatic heterocycles. The number of pyridine rings is 1. The van der Waals surface area contributed by atoms with Crippen molar-refractivity contribution >= 4 is 22.8 Å². The van der Waals surface area contributed by atoms with Crippen LogP contribution in [0.5, 0.6) is 0 Å². The van der Waals surface area contributed by atoms with Gasteiger partial charge >= 0.3 is 0 Å². The molecule has 0 aromatic carbocycles. The highest BCUT2D eigenvalue weighted by atomic mass is 16.1. The predicted octanol–water partition coefficient (Wildman–Crippen LogP) is 2.54. The number of ketones is 1. The van der Waals surface area contributed by atoms with Crippen LogP contribution in [0, 0.1) is 13.8 Å². The Morgan fingerprint density at radius 3 is 2.47 bits per heavy atom. The number of Topliss-reactive ketones (excluding diaryl/α,β-unsaturated/α-hetero) is 1. The topological polar surface area (TPSA) is 107 Å². The van der Waals surface area contributed by atoms with E-state index >= 15 is 0 Å². The molecule has 0 bridgehead atoms. The van der Waals surface area contributed by atoms with Gasteiger partial charge in [-0.1, -0.05) is 0 Å². The number of H-pyrrole nitrogens is 2. The lowest BCUT2D eigenvalue weighted by Crippen LogP contribution is -2.45. The van der Waals surface area contributed by atoms with Gasteiger partial charge in [0.15, 0.2) is 5.78 Å². The first-order chi connectivity index (χ1) is 15.5. The molecule has 0 amide bonds. The van der Waals surface area contributed by atoms with Gasteiger partial charge in [0.25, 0.3) is 0 Å². The highest BCUT2D eigenvalue weighted by Crippen LogP contribution is 2.24. The Morgan fingerprint density at radius 1 is 1.03 bits per heavy atom. The molecule has 0 saturated carbocycles. The van der Waals surface area contributed by atoms with Gasteiger partial charge in [-0.25, -0.2) is 15.0 Å². The van der Waals surface area contributed by atoms with E-state index in [4.69, 9.17) is 0 Å². The van der Waals surface area contributed by atoms with Gasteiger partial charge < -0.3 is 14.8 Å². The van der Waals surface area contributed by atoms with Gasteiger partial charge in [-0.15, -0.1) is 0 Å². The van der Waals surface area contributed by atoms with Crippen molar-refractivity contribution in [1.82, 2.24) is 35.0 Å². The van der Waals surface area contributed by atoms with Gasteiger partial charge in [0, 0.05) is 73.4 Å². The van der Waals surface area contributed by atoms with E-state index in [9.17, 15) is 4.79 Å². The van der Waals surface area contributed by atoms with E-state index in [1.165, 1.54) is 0 Å². The predicted molar refractivity (Wildman–Crippen MR) is 123 cm³/mol. The molecule has 0 spiro atoms. The largest absolute Gasteiger partial charge is 0.339 e. The number of fused-ring (bicyclic) bond motifs is 1. The van der Waals surface area contributed by atoms with Gasteiger partial charge in [-0.3, -0.25) is 9.89 Å². The maximum absolute atomic E-state index is 12.7. The van der Waals surface area contributed by atoms with Crippen LogP contribution in [0.2, 0.25) is 0 Å². The normalized spacial score (nSPS) is 14.9. The second kappa shape index (κ2) is 8.16. The number of nitrogens with zero attached hydrogens (tertiary/aromatic N) is 6. The zero-order chi connectivity index (χ0) is 22.2. The van der Waals surface area contributed by atoms with Gasteiger partial charge in [0.1, 0.15) is 11.3 Å². The number of carbonyl (C=O) groups excluding carboxylic acids is 1. The fourth-order valence-corrected chi connectivity index (χ4v) is 3.97. The Labute approximate surface area is 185 Å². The first kappa shape index (κ1) is 20.3. The zero-order valence-electron chi connectivity index (χ0n) is 18.5. The highest BCUT2D eigenvalue weighted by Gasteiger charge is 2.18. The van der Waals surface area contributed by atoms with Crippen LogP contribution in [0.4, 0.5) is 5.95 Å². The summed E-state index contributed by atoms with van der Waals surface area (Å²) in [6.45, 7) is 7.72. The molecule has 0 unspecified atom stereocenters. The summed E-state index contributed by atoms with van der Waals surface area (Å²) in [4.78, 5) is 34.2. The van der Waals surface area contributed by atoms with E-state index in [0.717, 1.165) is 71.2 Å². The van der Waals surface area contributed by atoms with Crippen LogP contribution >= 0.6 is 0 Å². The SMILES string of the molecule is Cc1[nH]nc(C(=O)Cc2cnc3[nH]c(-c4cnc(N5CCN(C)CC5)nc4)cc3c2)c1C. The van der Waals surface area contributed by atoms with Crippen molar-refractivity contribution in [3.8, 4) is 11.3 Å². The molecule has 32 heavy (non-hydrogen) atoms. The molecule has 5 heterocycles. The summed E-state index contributed by atoms with van der Waals surface area (Å²) >= 11 is 0. The van der Waals surface area contributed by atoms with Crippen LogP contribution in [0.1, 0.15) is 27.3 Å². The Balaban J connectivity index is 1.33. The number of aromatic nitrogens is 6. The molecule has 0 radical (unpaired) electrons. The summed E-state index contributed by atoms with van der Waals surface area (Å²) in [5, 5.41) is 7.96. The van der Waals surface area contributed by atoms with E-state index < -0.39 is 0 Å². The summed E-state index contributed by atoms with van der Waals surface area (Å²) < 4.78 is 0. The van der Waals surface area contributed by atoms with E-state index in [0.29, 0.717) is 5.69 Å². The molecule has 1 aliphatic rings. The van der Waals surface area contributed by atoms with Crippen LogP contribution in [0.15, 0.2) is 30.7 Å². The average Bonchev–Trinajstić information content (AvgIpc) is 3.37. The fourth-order valence-electron chi connectivity index (χ4n) is 3.97. The molecule has 2 N–H and O–H groups in total. The first-order valence-corrected chi connectivity index (χ1v) is 10.8. The van der Waals surface area contributed by atoms with E-state index in [1.54, 1.807) is 6.20 Å². The Hall–Kier alpha value is -3.59. The summed E-state index contributed by atoms with van der Waals surface area (Å²) in [7, 11) is 2.13. The Kier molecular flexibility index (Phi) is 5.18. The Bertz CT molecular complexity index is 1270. The van der Waals surface area contributed by atoms with E-state index in [-0.39, 0.29) is 12.2 Å². The number of rotatable bonds is 5. The molecule has 0 atom stereocenters. The number of piperazine rings is 1. The standard InChI is InChI=1S/C23H26N8O/c1-14-15(2)28-29-21(14)20(32)9-16-8-17-10-19(27-22(17)24-11-16)18-12-25-23(26-13-18)31-6-4-30(3)5-7-31/h8,10-13H,4-7,9H2,1-3H3,(H,24,27)(H,28,29). The van der Waals surface area contributed by atoms with Crippen LogP contribution in [-0.4, -0.2) is 74.0 Å². The van der Waals surface area contributed by atoms with Crippen LogP contribution in [0.25, 0.3) is 22.3 Å². The number of nitrogens with one attached hydrogen (secondary N) is 2. The third-order valence-corrected chi connectivity index (χ3v) is 6.14. The minimum Gasteiger partial charge on any atom is -0.339 e. The third kappa shape index (κ3) is 3.87. The van der Waals surface area contributed by atoms with Crippen LogP contribution < -0.4 is 4.90 Å². The number of likely N-dealkylation sites (N-methyl/N-ethyl adjacent to an activating group) is 1. The lowest BCUT2D eigenvalue weighted by Gasteiger charge is -2.32. The van der Waals surface area contributed by atoms with Crippen LogP contribution in [0.3, 0.4) is 0 Å². The molecule has 1 fully saturated rings. The molecular weight excluding hydrogens is 404 g/mol. The van der Waals surface area contributed by atoms with Crippen molar-refractivity contribution in [2.45, 2.75) is 20.3 Å².